The lowest BCUT2D eigenvalue weighted by Crippen LogP contribution is -2.34. The summed E-state index contributed by atoms with van der Waals surface area (Å²) in [7, 11) is 0. The normalized spacial score (nSPS) is 10.2. The molecule has 2 N–H and O–H groups in total. The van der Waals surface area contributed by atoms with Crippen molar-refractivity contribution in [3.05, 3.63) is 82.9 Å². The van der Waals surface area contributed by atoms with Crippen LogP contribution in [0.4, 0.5) is 0 Å². The van der Waals surface area contributed by atoms with Gasteiger partial charge in [-0.25, -0.2) is 0 Å². The lowest BCUT2D eigenvalue weighted by molar-refractivity contribution is 0.0927. The molecule has 2 heterocycles. The number of aryl methyl sites for hydroxylation is 1. The minimum atomic E-state index is -0.230. The fourth-order valence-corrected chi connectivity index (χ4v) is 3.12. The average Bonchev–Trinajstić information content (AvgIpc) is 3.05. The van der Waals surface area contributed by atoms with Crippen LogP contribution in [0.5, 0.6) is 0 Å². The van der Waals surface area contributed by atoms with Crippen molar-refractivity contribution in [1.82, 2.24) is 20.2 Å². The number of nitriles is 1. The van der Waals surface area contributed by atoms with E-state index in [1.807, 2.05) is 36.6 Å². The fourth-order valence-electron chi connectivity index (χ4n) is 3.12. The lowest BCUT2D eigenvalue weighted by Gasteiger charge is -2.10. The van der Waals surface area contributed by atoms with Crippen molar-refractivity contribution in [2.45, 2.75) is 13.8 Å². The molecule has 0 fully saturated rings. The van der Waals surface area contributed by atoms with E-state index >= 15 is 0 Å². The first kappa shape index (κ1) is 19.8. The van der Waals surface area contributed by atoms with Gasteiger partial charge in [0, 0.05) is 42.6 Å². The molecule has 2 amide bonds. The number of rotatable bonds is 6. The van der Waals surface area contributed by atoms with Crippen LogP contribution >= 0.6 is 0 Å². The molecule has 0 saturated carbocycles. The topological polar surface area (TPSA) is 99.8 Å². The van der Waals surface area contributed by atoms with Gasteiger partial charge in [-0.15, -0.1) is 0 Å². The zero-order chi connectivity index (χ0) is 20.8. The minimum absolute atomic E-state index is 0.200. The van der Waals surface area contributed by atoms with E-state index in [1.54, 1.807) is 30.5 Å². The third-order valence-electron chi connectivity index (χ3n) is 4.55. The number of nitrogens with one attached hydrogen (secondary N) is 2. The van der Waals surface area contributed by atoms with Gasteiger partial charge < -0.3 is 15.2 Å². The van der Waals surface area contributed by atoms with E-state index in [1.165, 1.54) is 6.20 Å². The van der Waals surface area contributed by atoms with Crippen molar-refractivity contribution in [3.63, 3.8) is 0 Å². The molecule has 0 aliphatic rings. The first-order valence-corrected chi connectivity index (χ1v) is 9.17. The maximum atomic E-state index is 12.6. The van der Waals surface area contributed by atoms with Crippen LogP contribution in [0.2, 0.25) is 0 Å². The molecule has 0 atom stereocenters. The van der Waals surface area contributed by atoms with Gasteiger partial charge in [-0.3, -0.25) is 14.6 Å². The van der Waals surface area contributed by atoms with Crippen LogP contribution in [0.15, 0.2) is 54.9 Å². The van der Waals surface area contributed by atoms with Crippen molar-refractivity contribution in [1.29, 1.82) is 5.26 Å². The third kappa shape index (κ3) is 4.50. The summed E-state index contributed by atoms with van der Waals surface area (Å²) in [6.07, 6.45) is 3.09. The summed E-state index contributed by atoms with van der Waals surface area (Å²) in [6, 6.07) is 14.5. The molecule has 0 bridgehead atoms. The summed E-state index contributed by atoms with van der Waals surface area (Å²) < 4.78 is 1.97. The van der Waals surface area contributed by atoms with E-state index in [0.29, 0.717) is 29.8 Å². The van der Waals surface area contributed by atoms with Crippen LogP contribution < -0.4 is 10.6 Å². The van der Waals surface area contributed by atoms with Crippen LogP contribution in [0.25, 0.3) is 5.69 Å². The average molecular weight is 387 g/mol. The Morgan fingerprint density at radius 2 is 1.76 bits per heavy atom. The predicted octanol–water partition coefficient (Wildman–Crippen LogP) is 2.52. The van der Waals surface area contributed by atoms with E-state index < -0.39 is 0 Å². The number of benzene rings is 1. The second-order valence-electron chi connectivity index (χ2n) is 6.53. The van der Waals surface area contributed by atoms with E-state index in [0.717, 1.165) is 17.1 Å². The van der Waals surface area contributed by atoms with Gasteiger partial charge in [0.1, 0.15) is 0 Å². The molecule has 0 spiro atoms. The molecule has 3 rings (SSSR count). The fraction of sp³-hybridized carbons (Fsp3) is 0.182. The number of pyridine rings is 1. The number of aromatic nitrogens is 2. The maximum absolute atomic E-state index is 12.6. The number of amides is 2. The highest BCUT2D eigenvalue weighted by molar-refractivity contribution is 5.96. The Morgan fingerprint density at radius 1 is 1.07 bits per heavy atom. The molecule has 2 aromatic heterocycles. The van der Waals surface area contributed by atoms with Gasteiger partial charge in [-0.05, 0) is 56.3 Å². The highest BCUT2D eigenvalue weighted by Gasteiger charge is 2.16. The Bertz CT molecular complexity index is 1060. The van der Waals surface area contributed by atoms with Crippen molar-refractivity contribution < 1.29 is 9.59 Å². The molecular weight excluding hydrogens is 366 g/mol. The molecule has 0 aliphatic carbocycles. The highest BCUT2D eigenvalue weighted by Crippen LogP contribution is 2.21. The smallest absolute Gasteiger partial charge is 0.253 e. The molecule has 0 aliphatic heterocycles. The minimum Gasteiger partial charge on any atom is -0.350 e. The monoisotopic (exact) mass is 387 g/mol. The largest absolute Gasteiger partial charge is 0.350 e. The maximum Gasteiger partial charge on any atom is 0.253 e. The third-order valence-corrected chi connectivity index (χ3v) is 4.55. The first-order valence-electron chi connectivity index (χ1n) is 9.17. The van der Waals surface area contributed by atoms with E-state index in [4.69, 9.17) is 5.26 Å². The molecule has 0 radical (unpaired) electrons. The number of hydrogen-bond acceptors (Lipinski definition) is 4. The Balaban J connectivity index is 1.61. The van der Waals surface area contributed by atoms with E-state index in [2.05, 4.69) is 21.7 Å². The summed E-state index contributed by atoms with van der Waals surface area (Å²) in [6.45, 7) is 4.43. The quantitative estimate of drug-likeness (QED) is 0.635. The molecule has 0 saturated heterocycles. The molecule has 29 heavy (non-hydrogen) atoms. The summed E-state index contributed by atoms with van der Waals surface area (Å²) in [5, 5.41) is 14.5. The van der Waals surface area contributed by atoms with Gasteiger partial charge >= 0.3 is 0 Å². The number of carbonyl (C=O) groups excluding carboxylic acids is 2. The molecule has 7 heteroatoms. The van der Waals surface area contributed by atoms with Crippen LogP contribution in [0.3, 0.4) is 0 Å². The van der Waals surface area contributed by atoms with Crippen molar-refractivity contribution in [2.75, 3.05) is 13.1 Å². The molecule has 146 valence electrons. The van der Waals surface area contributed by atoms with Crippen molar-refractivity contribution in [3.8, 4) is 11.8 Å². The van der Waals surface area contributed by atoms with E-state index in [-0.39, 0.29) is 11.8 Å². The summed E-state index contributed by atoms with van der Waals surface area (Å²) in [5.74, 6) is -0.431. The summed E-state index contributed by atoms with van der Waals surface area (Å²) >= 11 is 0. The van der Waals surface area contributed by atoms with Crippen LogP contribution in [-0.4, -0.2) is 34.5 Å². The molecule has 7 nitrogen and oxygen atoms in total. The Morgan fingerprint density at radius 3 is 2.38 bits per heavy atom. The highest BCUT2D eigenvalue weighted by atomic mass is 16.2. The number of hydrogen-bond donors (Lipinski definition) is 2. The Kier molecular flexibility index (Phi) is 6.05. The van der Waals surface area contributed by atoms with Crippen molar-refractivity contribution >= 4 is 11.8 Å². The lowest BCUT2D eigenvalue weighted by atomic mass is 10.2. The second kappa shape index (κ2) is 8.85. The van der Waals surface area contributed by atoms with Gasteiger partial charge in [0.25, 0.3) is 11.8 Å². The van der Waals surface area contributed by atoms with Crippen LogP contribution in [0.1, 0.15) is 37.7 Å². The van der Waals surface area contributed by atoms with Gasteiger partial charge in [-0.1, -0.05) is 0 Å². The Labute approximate surface area is 169 Å². The van der Waals surface area contributed by atoms with Gasteiger partial charge in [0.15, 0.2) is 0 Å². The van der Waals surface area contributed by atoms with E-state index in [9.17, 15) is 9.59 Å². The zero-order valence-electron chi connectivity index (χ0n) is 16.3. The molecule has 0 unspecified atom stereocenters. The summed E-state index contributed by atoms with van der Waals surface area (Å²) in [4.78, 5) is 28.5. The molecule has 1 aromatic carbocycles. The second-order valence-corrected chi connectivity index (χ2v) is 6.53. The van der Waals surface area contributed by atoms with Gasteiger partial charge in [0.05, 0.1) is 22.8 Å². The van der Waals surface area contributed by atoms with Crippen molar-refractivity contribution in [2.24, 2.45) is 0 Å². The predicted molar refractivity (Wildman–Crippen MR) is 109 cm³/mol. The van der Waals surface area contributed by atoms with Gasteiger partial charge in [-0.2, -0.15) is 5.26 Å². The zero-order valence-corrected chi connectivity index (χ0v) is 16.3. The molecular formula is C22H21N5O2. The number of carbonyl (C=O) groups is 2. The number of nitrogens with zero attached hydrogens (tertiary/aromatic N) is 3. The Hall–Kier alpha value is -3.92. The van der Waals surface area contributed by atoms with Crippen LogP contribution in [0, 0.1) is 25.2 Å². The summed E-state index contributed by atoms with van der Waals surface area (Å²) in [5.41, 5.74) is 4.26. The molecule has 3 aromatic rings. The first-order chi connectivity index (χ1) is 14.0. The van der Waals surface area contributed by atoms with Gasteiger partial charge in [0.2, 0.25) is 0 Å². The standard InChI is InChI=1S/C22H21N5O2/c1-15-12-20(16(2)27(15)19-7-5-17(13-23)6-8-19)22(29)26-11-10-25-21(28)18-4-3-9-24-14-18/h3-9,12,14H,10-11H2,1-2H3,(H,25,28)(H,26,29). The van der Waals surface area contributed by atoms with Crippen LogP contribution in [-0.2, 0) is 0 Å². The SMILES string of the molecule is Cc1cc(C(=O)NCCNC(=O)c2cccnc2)c(C)n1-c1ccc(C#N)cc1.